The van der Waals surface area contributed by atoms with Crippen LogP contribution in [0.1, 0.15) is 21.5 Å². The molecule has 0 spiro atoms. The lowest BCUT2D eigenvalue weighted by Gasteiger charge is -2.04. The lowest BCUT2D eigenvalue weighted by molar-refractivity contribution is 0.0690. The number of carboxylic acids is 1. The van der Waals surface area contributed by atoms with Gasteiger partial charge in [-0.25, -0.2) is 9.18 Å². The maximum Gasteiger partial charge on any atom is 0.339 e. The van der Waals surface area contributed by atoms with Crippen LogP contribution in [0.3, 0.4) is 0 Å². The molecule has 0 saturated carbocycles. The van der Waals surface area contributed by atoms with Crippen molar-refractivity contribution < 1.29 is 14.3 Å². The van der Waals surface area contributed by atoms with Crippen molar-refractivity contribution in [2.45, 2.75) is 6.54 Å². The van der Waals surface area contributed by atoms with Crippen molar-refractivity contribution in [3.8, 4) is 6.07 Å². The summed E-state index contributed by atoms with van der Waals surface area (Å²) in [6, 6.07) is 3.87. The molecule has 1 aromatic rings. The number of nitrogens with two attached hydrogens (primary N) is 1. The summed E-state index contributed by atoms with van der Waals surface area (Å²) in [6.45, 7) is -0.117. The van der Waals surface area contributed by atoms with Gasteiger partial charge < -0.3 is 10.8 Å². The van der Waals surface area contributed by atoms with Crippen LogP contribution in [-0.4, -0.2) is 11.1 Å². The van der Waals surface area contributed by atoms with Crippen LogP contribution >= 0.6 is 0 Å². The van der Waals surface area contributed by atoms with Crippen molar-refractivity contribution in [1.82, 2.24) is 0 Å². The zero-order valence-electron chi connectivity index (χ0n) is 7.12. The van der Waals surface area contributed by atoms with Crippen molar-refractivity contribution >= 4 is 5.97 Å². The van der Waals surface area contributed by atoms with E-state index in [0.29, 0.717) is 0 Å². The second-order valence-corrected chi connectivity index (χ2v) is 2.61. The fourth-order valence-corrected chi connectivity index (χ4v) is 1.13. The van der Waals surface area contributed by atoms with E-state index in [2.05, 4.69) is 0 Å². The standard InChI is InChI=1S/C9H7FN2O2/c10-7-2-5(3-11)1-6(4-12)8(7)9(13)14/h1-2H,4,12H2,(H,13,14). The highest BCUT2D eigenvalue weighted by molar-refractivity contribution is 5.90. The Morgan fingerprint density at radius 2 is 2.29 bits per heavy atom. The van der Waals surface area contributed by atoms with Crippen LogP contribution in [0, 0.1) is 17.1 Å². The van der Waals surface area contributed by atoms with Gasteiger partial charge >= 0.3 is 5.97 Å². The monoisotopic (exact) mass is 194 g/mol. The second-order valence-electron chi connectivity index (χ2n) is 2.61. The first-order valence-electron chi connectivity index (χ1n) is 3.76. The Kier molecular flexibility index (Phi) is 2.79. The average molecular weight is 194 g/mol. The van der Waals surface area contributed by atoms with Crippen LogP contribution in [0.15, 0.2) is 12.1 Å². The predicted octanol–water partition coefficient (Wildman–Crippen LogP) is 0.854. The van der Waals surface area contributed by atoms with E-state index in [9.17, 15) is 9.18 Å². The summed E-state index contributed by atoms with van der Waals surface area (Å²) in [5.41, 5.74) is 4.96. The molecule has 4 nitrogen and oxygen atoms in total. The predicted molar refractivity (Wildman–Crippen MR) is 46.0 cm³/mol. The molecule has 0 aliphatic rings. The smallest absolute Gasteiger partial charge is 0.339 e. The first kappa shape index (κ1) is 10.2. The third-order valence-electron chi connectivity index (χ3n) is 1.73. The van der Waals surface area contributed by atoms with E-state index in [4.69, 9.17) is 16.1 Å². The van der Waals surface area contributed by atoms with Gasteiger partial charge in [-0.15, -0.1) is 0 Å². The van der Waals surface area contributed by atoms with E-state index in [1.165, 1.54) is 6.07 Å². The van der Waals surface area contributed by atoms with Gasteiger partial charge in [0.2, 0.25) is 0 Å². The van der Waals surface area contributed by atoms with E-state index < -0.39 is 17.3 Å². The van der Waals surface area contributed by atoms with Gasteiger partial charge in [0.05, 0.1) is 17.2 Å². The van der Waals surface area contributed by atoms with Gasteiger partial charge in [0.15, 0.2) is 0 Å². The summed E-state index contributed by atoms with van der Waals surface area (Å²) >= 11 is 0. The number of benzene rings is 1. The Morgan fingerprint density at radius 3 is 2.71 bits per heavy atom. The molecule has 0 aromatic heterocycles. The second kappa shape index (κ2) is 3.85. The van der Waals surface area contributed by atoms with E-state index in [1.807, 2.05) is 0 Å². The van der Waals surface area contributed by atoms with E-state index in [0.717, 1.165) is 6.07 Å². The number of rotatable bonds is 2. The molecule has 0 heterocycles. The average Bonchev–Trinajstić information content (AvgIpc) is 2.15. The lowest BCUT2D eigenvalue weighted by atomic mass is 10.0. The zero-order valence-corrected chi connectivity index (χ0v) is 7.12. The molecule has 0 bridgehead atoms. The quantitative estimate of drug-likeness (QED) is 0.730. The number of hydrogen-bond acceptors (Lipinski definition) is 3. The lowest BCUT2D eigenvalue weighted by Crippen LogP contribution is -2.10. The molecule has 0 atom stereocenters. The van der Waals surface area contributed by atoms with Gasteiger partial charge in [-0.3, -0.25) is 0 Å². The summed E-state index contributed by atoms with van der Waals surface area (Å²) in [4.78, 5) is 10.6. The Bertz CT molecular complexity index is 424. The number of aromatic carboxylic acids is 1. The first-order chi connectivity index (χ1) is 6.60. The fourth-order valence-electron chi connectivity index (χ4n) is 1.13. The van der Waals surface area contributed by atoms with Gasteiger partial charge in [0.1, 0.15) is 5.82 Å². The molecule has 0 radical (unpaired) electrons. The Labute approximate surface area is 79.4 Å². The highest BCUT2D eigenvalue weighted by Crippen LogP contribution is 2.16. The molecule has 1 aromatic carbocycles. The summed E-state index contributed by atoms with van der Waals surface area (Å²) < 4.78 is 13.1. The van der Waals surface area contributed by atoms with Crippen LogP contribution in [0.2, 0.25) is 0 Å². The SMILES string of the molecule is N#Cc1cc(F)c(C(=O)O)c(CN)c1. The van der Waals surface area contributed by atoms with Crippen molar-refractivity contribution in [1.29, 1.82) is 5.26 Å². The molecule has 0 aliphatic carbocycles. The molecule has 0 amide bonds. The third kappa shape index (κ3) is 1.70. The fraction of sp³-hybridized carbons (Fsp3) is 0.111. The van der Waals surface area contributed by atoms with Crippen molar-refractivity contribution in [3.05, 3.63) is 34.6 Å². The maximum absolute atomic E-state index is 13.1. The molecule has 0 aliphatic heterocycles. The Balaban J connectivity index is 3.44. The first-order valence-corrected chi connectivity index (χ1v) is 3.76. The van der Waals surface area contributed by atoms with Gasteiger partial charge in [-0.2, -0.15) is 5.26 Å². The number of nitriles is 1. The minimum atomic E-state index is -1.38. The molecule has 1 rings (SSSR count). The maximum atomic E-state index is 13.1. The molecular formula is C9H7FN2O2. The van der Waals surface area contributed by atoms with Gasteiger partial charge in [0.25, 0.3) is 0 Å². The zero-order chi connectivity index (χ0) is 10.7. The van der Waals surface area contributed by atoms with E-state index in [1.54, 1.807) is 6.07 Å². The Morgan fingerprint density at radius 1 is 1.64 bits per heavy atom. The molecule has 5 heteroatoms. The third-order valence-corrected chi connectivity index (χ3v) is 1.73. The van der Waals surface area contributed by atoms with Crippen LogP contribution < -0.4 is 5.73 Å². The van der Waals surface area contributed by atoms with Crippen LogP contribution in [-0.2, 0) is 6.54 Å². The number of carbonyl (C=O) groups is 1. The summed E-state index contributed by atoms with van der Waals surface area (Å²) in [5.74, 6) is -2.32. The van der Waals surface area contributed by atoms with Crippen molar-refractivity contribution in [2.24, 2.45) is 5.73 Å². The Hall–Kier alpha value is -1.93. The van der Waals surface area contributed by atoms with Gasteiger partial charge in [-0.05, 0) is 17.7 Å². The van der Waals surface area contributed by atoms with Crippen LogP contribution in [0.4, 0.5) is 4.39 Å². The topological polar surface area (TPSA) is 87.1 Å². The normalized spacial score (nSPS) is 9.50. The molecule has 0 saturated heterocycles. The molecule has 0 fully saturated rings. The number of hydrogen-bond donors (Lipinski definition) is 2. The number of halogens is 1. The molecule has 72 valence electrons. The highest BCUT2D eigenvalue weighted by Gasteiger charge is 2.16. The number of carboxylic acid groups (broad SMARTS) is 1. The van der Waals surface area contributed by atoms with Crippen LogP contribution in [0.5, 0.6) is 0 Å². The molecular weight excluding hydrogens is 187 g/mol. The van der Waals surface area contributed by atoms with Gasteiger partial charge in [0, 0.05) is 6.54 Å². The largest absolute Gasteiger partial charge is 0.478 e. The van der Waals surface area contributed by atoms with Crippen LogP contribution in [0.25, 0.3) is 0 Å². The van der Waals surface area contributed by atoms with E-state index >= 15 is 0 Å². The highest BCUT2D eigenvalue weighted by atomic mass is 19.1. The number of nitrogens with zero attached hydrogens (tertiary/aromatic N) is 1. The summed E-state index contributed by atoms with van der Waals surface area (Å²) in [5, 5.41) is 17.2. The van der Waals surface area contributed by atoms with Crippen molar-refractivity contribution in [2.75, 3.05) is 0 Å². The molecule has 14 heavy (non-hydrogen) atoms. The minimum Gasteiger partial charge on any atom is -0.478 e. The molecule has 0 unspecified atom stereocenters. The van der Waals surface area contributed by atoms with Gasteiger partial charge in [-0.1, -0.05) is 0 Å². The minimum absolute atomic E-state index is 0.0629. The summed E-state index contributed by atoms with van der Waals surface area (Å²) in [7, 11) is 0. The molecule has 3 N–H and O–H groups in total. The van der Waals surface area contributed by atoms with Crippen molar-refractivity contribution in [3.63, 3.8) is 0 Å². The summed E-state index contributed by atoms with van der Waals surface area (Å²) in [6.07, 6.45) is 0. The van der Waals surface area contributed by atoms with E-state index in [-0.39, 0.29) is 17.7 Å².